The number of aliphatic imine (C=N–C) groups is 1. The molecule has 0 aromatic carbocycles. The summed E-state index contributed by atoms with van der Waals surface area (Å²) in [6.07, 6.45) is 2.10. The lowest BCUT2D eigenvalue weighted by molar-refractivity contribution is 0.0531. The summed E-state index contributed by atoms with van der Waals surface area (Å²) in [6.45, 7) is 10.1. The van der Waals surface area contributed by atoms with Gasteiger partial charge in [-0.1, -0.05) is 0 Å². The third kappa shape index (κ3) is 4.49. The molecule has 0 aliphatic carbocycles. The highest BCUT2D eigenvalue weighted by Gasteiger charge is 2.20. The van der Waals surface area contributed by atoms with Crippen LogP contribution in [0.1, 0.15) is 65.3 Å². The third-order valence-corrected chi connectivity index (χ3v) is 5.73. The van der Waals surface area contributed by atoms with Gasteiger partial charge in [0.25, 0.3) is 0 Å². The molecule has 10 heteroatoms. The second kappa shape index (κ2) is 9.13. The average molecular weight is 406 g/mol. The molecule has 9 nitrogen and oxygen atoms in total. The van der Waals surface area contributed by atoms with Crippen LogP contribution in [0.4, 0.5) is 0 Å². The summed E-state index contributed by atoms with van der Waals surface area (Å²) in [5.74, 6) is 2.28. The van der Waals surface area contributed by atoms with E-state index >= 15 is 0 Å². The van der Waals surface area contributed by atoms with Crippen LogP contribution in [0.2, 0.25) is 0 Å². The molecule has 0 amide bonds. The maximum absolute atomic E-state index is 12.0. The number of ether oxygens (including phenoxy) is 1. The summed E-state index contributed by atoms with van der Waals surface area (Å²) in [7, 11) is 0. The summed E-state index contributed by atoms with van der Waals surface area (Å²) in [6, 6.07) is -0.103. The van der Waals surface area contributed by atoms with Gasteiger partial charge in [-0.05, 0) is 34.1 Å². The lowest BCUT2D eigenvalue weighted by Crippen LogP contribution is -2.38. The number of thiazole rings is 1. The van der Waals surface area contributed by atoms with Gasteiger partial charge in [-0.25, -0.2) is 14.8 Å². The summed E-state index contributed by atoms with van der Waals surface area (Å²) >= 11 is 1.35. The molecule has 1 unspecified atom stereocenters. The molecule has 2 N–H and O–H groups in total. The van der Waals surface area contributed by atoms with Crippen LogP contribution in [0.3, 0.4) is 0 Å². The lowest BCUT2D eigenvalue weighted by Gasteiger charge is -2.16. The largest absolute Gasteiger partial charge is 0.462 e. The molecule has 0 fully saturated rings. The zero-order valence-corrected chi connectivity index (χ0v) is 17.6. The van der Waals surface area contributed by atoms with Gasteiger partial charge in [0, 0.05) is 19.5 Å². The number of hydrogen-bond acceptors (Lipinski definition) is 7. The topological polar surface area (TPSA) is 106 Å². The van der Waals surface area contributed by atoms with Crippen LogP contribution in [-0.2, 0) is 24.2 Å². The predicted octanol–water partition coefficient (Wildman–Crippen LogP) is 1.98. The highest BCUT2D eigenvalue weighted by atomic mass is 32.1. The van der Waals surface area contributed by atoms with Gasteiger partial charge in [-0.2, -0.15) is 0 Å². The van der Waals surface area contributed by atoms with E-state index in [1.54, 1.807) is 6.92 Å². The fourth-order valence-corrected chi connectivity index (χ4v) is 4.02. The second-order valence-electron chi connectivity index (χ2n) is 6.54. The smallest absolute Gasteiger partial charge is 0.350 e. The van der Waals surface area contributed by atoms with Crippen LogP contribution in [0.5, 0.6) is 0 Å². The second-order valence-corrected chi connectivity index (χ2v) is 7.57. The Kier molecular flexibility index (Phi) is 6.61. The number of carbonyl (C=O) groups excluding carboxylic acids is 1. The van der Waals surface area contributed by atoms with E-state index < -0.39 is 0 Å². The predicted molar refractivity (Wildman–Crippen MR) is 108 cm³/mol. The van der Waals surface area contributed by atoms with Crippen molar-refractivity contribution in [3.05, 3.63) is 27.2 Å². The van der Waals surface area contributed by atoms with Crippen molar-refractivity contribution in [1.29, 1.82) is 0 Å². The highest BCUT2D eigenvalue weighted by molar-refractivity contribution is 7.13. The van der Waals surface area contributed by atoms with E-state index in [2.05, 4.69) is 35.4 Å². The molecule has 152 valence electrons. The molecule has 0 radical (unpaired) electrons. The number of guanidine groups is 1. The zero-order valence-electron chi connectivity index (χ0n) is 16.8. The van der Waals surface area contributed by atoms with E-state index in [1.165, 1.54) is 11.3 Å². The zero-order chi connectivity index (χ0) is 20.1. The van der Waals surface area contributed by atoms with Crippen LogP contribution in [-0.4, -0.2) is 44.8 Å². The van der Waals surface area contributed by atoms with Gasteiger partial charge in [-0.3, -0.25) is 0 Å². The number of aryl methyl sites for hydroxylation is 2. The Hall–Kier alpha value is -2.49. The van der Waals surface area contributed by atoms with E-state index in [0.717, 1.165) is 42.6 Å². The molecule has 1 aliphatic rings. The number of nitrogens with one attached hydrogen (secondary N) is 2. The molecular formula is C18H27N7O2S. The molecule has 1 atom stereocenters. The maximum Gasteiger partial charge on any atom is 0.350 e. The van der Waals surface area contributed by atoms with Crippen LogP contribution >= 0.6 is 11.3 Å². The van der Waals surface area contributed by atoms with Crippen molar-refractivity contribution in [3.8, 4) is 0 Å². The molecule has 0 bridgehead atoms. The first kappa shape index (κ1) is 20.2. The van der Waals surface area contributed by atoms with Crippen molar-refractivity contribution in [3.63, 3.8) is 0 Å². The number of fused-ring (bicyclic) bond motifs is 1. The van der Waals surface area contributed by atoms with Gasteiger partial charge in [-0.15, -0.1) is 21.5 Å². The van der Waals surface area contributed by atoms with Crippen molar-refractivity contribution in [2.75, 3.05) is 13.2 Å². The molecule has 2 aromatic heterocycles. The molecule has 3 rings (SSSR count). The standard InChI is InChI=1S/C18H27N7O2S/c1-5-19-18(20-10-14-24-23-13-8-7-9-25(13)14)22-12(4)16-21-11(3)15(28-16)17(26)27-6-2/h12H,5-10H2,1-4H3,(H2,19,20,22). The van der Waals surface area contributed by atoms with Crippen molar-refractivity contribution >= 4 is 23.3 Å². The SMILES string of the molecule is CCNC(=NCc1nnc2n1CCC2)NC(C)c1nc(C)c(C(=O)OCC)s1. The number of rotatable bonds is 7. The van der Waals surface area contributed by atoms with E-state index in [4.69, 9.17) is 4.74 Å². The molecule has 2 aromatic rings. The molecule has 0 saturated carbocycles. The van der Waals surface area contributed by atoms with E-state index in [-0.39, 0.29) is 12.0 Å². The minimum atomic E-state index is -0.322. The lowest BCUT2D eigenvalue weighted by atomic mass is 10.3. The van der Waals surface area contributed by atoms with Crippen LogP contribution in [0.15, 0.2) is 4.99 Å². The van der Waals surface area contributed by atoms with Crippen LogP contribution < -0.4 is 10.6 Å². The Morgan fingerprint density at radius 2 is 2.21 bits per heavy atom. The molecular weight excluding hydrogens is 378 g/mol. The molecule has 28 heavy (non-hydrogen) atoms. The molecule has 3 heterocycles. The van der Waals surface area contributed by atoms with Gasteiger partial charge in [0.1, 0.15) is 22.3 Å². The minimum Gasteiger partial charge on any atom is -0.462 e. The number of hydrogen-bond donors (Lipinski definition) is 2. The first-order valence-corrected chi connectivity index (χ1v) is 10.4. The van der Waals surface area contributed by atoms with E-state index in [1.807, 2.05) is 20.8 Å². The van der Waals surface area contributed by atoms with E-state index in [9.17, 15) is 4.79 Å². The highest BCUT2D eigenvalue weighted by Crippen LogP contribution is 2.24. The Morgan fingerprint density at radius 1 is 1.39 bits per heavy atom. The average Bonchev–Trinajstić information content (AvgIpc) is 3.36. The molecule has 0 spiro atoms. The van der Waals surface area contributed by atoms with Gasteiger partial charge in [0.15, 0.2) is 11.8 Å². The Bertz CT molecular complexity index is 858. The van der Waals surface area contributed by atoms with Crippen molar-refractivity contribution in [1.82, 2.24) is 30.4 Å². The van der Waals surface area contributed by atoms with Crippen molar-refractivity contribution in [2.45, 2.75) is 59.7 Å². The minimum absolute atomic E-state index is 0.103. The first-order valence-electron chi connectivity index (χ1n) is 9.63. The van der Waals surface area contributed by atoms with Gasteiger partial charge in [0.2, 0.25) is 0 Å². The van der Waals surface area contributed by atoms with Gasteiger partial charge < -0.3 is 19.9 Å². The summed E-state index contributed by atoms with van der Waals surface area (Å²) in [5, 5.41) is 15.9. The van der Waals surface area contributed by atoms with Gasteiger partial charge in [0.05, 0.1) is 18.3 Å². The fraction of sp³-hybridized carbons (Fsp3) is 0.611. The quantitative estimate of drug-likeness (QED) is 0.412. The van der Waals surface area contributed by atoms with Gasteiger partial charge >= 0.3 is 5.97 Å². The monoisotopic (exact) mass is 405 g/mol. The number of esters is 1. The van der Waals surface area contributed by atoms with Crippen LogP contribution in [0, 0.1) is 6.92 Å². The van der Waals surface area contributed by atoms with Crippen molar-refractivity contribution < 1.29 is 9.53 Å². The van der Waals surface area contributed by atoms with E-state index in [0.29, 0.717) is 29.7 Å². The Balaban J connectivity index is 1.69. The maximum atomic E-state index is 12.0. The first-order chi connectivity index (χ1) is 13.5. The summed E-state index contributed by atoms with van der Waals surface area (Å²) in [4.78, 5) is 21.8. The molecule has 0 saturated heterocycles. The van der Waals surface area contributed by atoms with Crippen molar-refractivity contribution in [2.24, 2.45) is 4.99 Å². The molecule has 1 aliphatic heterocycles. The van der Waals surface area contributed by atoms with Crippen LogP contribution in [0.25, 0.3) is 0 Å². The normalized spacial score (nSPS) is 14.6. The number of aromatic nitrogens is 4. The Morgan fingerprint density at radius 3 is 2.96 bits per heavy atom. The Labute approximate surface area is 168 Å². The number of nitrogens with zero attached hydrogens (tertiary/aromatic N) is 5. The number of carbonyl (C=O) groups is 1. The third-order valence-electron chi connectivity index (χ3n) is 4.41. The fourth-order valence-electron chi connectivity index (χ4n) is 3.05. The summed E-state index contributed by atoms with van der Waals surface area (Å²) in [5.41, 5.74) is 0.688. The summed E-state index contributed by atoms with van der Waals surface area (Å²) < 4.78 is 7.24.